The molecule has 1 aliphatic rings. The summed E-state index contributed by atoms with van der Waals surface area (Å²) in [6.07, 6.45) is -0.461. The van der Waals surface area contributed by atoms with E-state index in [2.05, 4.69) is 5.32 Å². The van der Waals surface area contributed by atoms with E-state index in [1.165, 1.54) is 0 Å². The van der Waals surface area contributed by atoms with E-state index in [4.69, 9.17) is 9.47 Å². The zero-order valence-corrected chi connectivity index (χ0v) is 8.59. The summed E-state index contributed by atoms with van der Waals surface area (Å²) in [5.41, 5.74) is 0. The molecular formula is C9H17NO3. The molecule has 1 rings (SSSR count). The molecule has 0 saturated carbocycles. The quantitative estimate of drug-likeness (QED) is 0.691. The van der Waals surface area contributed by atoms with Crippen LogP contribution in [-0.4, -0.2) is 30.4 Å². The fourth-order valence-corrected chi connectivity index (χ4v) is 1.19. The average molecular weight is 187 g/mol. The highest BCUT2D eigenvalue weighted by Crippen LogP contribution is 2.22. The maximum atomic E-state index is 11.4. The normalized spacial score (nSPS) is 26.4. The van der Waals surface area contributed by atoms with Crippen LogP contribution in [0.2, 0.25) is 0 Å². The zero-order valence-electron chi connectivity index (χ0n) is 8.59. The Kier molecular flexibility index (Phi) is 2.93. The molecule has 0 aromatic rings. The van der Waals surface area contributed by atoms with E-state index < -0.39 is 11.9 Å². The largest absolute Gasteiger partial charge is 0.352 e. The molecule has 1 saturated heterocycles. The maximum absolute atomic E-state index is 11.4. The Balaban J connectivity index is 2.42. The van der Waals surface area contributed by atoms with Crippen molar-refractivity contribution in [1.29, 1.82) is 0 Å². The third kappa shape index (κ3) is 2.97. The van der Waals surface area contributed by atoms with Gasteiger partial charge in [0.25, 0.3) is 5.91 Å². The Morgan fingerprint density at radius 1 is 1.54 bits per heavy atom. The van der Waals surface area contributed by atoms with E-state index in [1.807, 2.05) is 13.8 Å². The molecular weight excluding hydrogens is 170 g/mol. The number of rotatable bonds is 2. The van der Waals surface area contributed by atoms with Gasteiger partial charge in [0.05, 0.1) is 6.61 Å². The molecule has 0 bridgehead atoms. The number of ether oxygens (including phenoxy) is 2. The van der Waals surface area contributed by atoms with Gasteiger partial charge in [-0.05, 0) is 27.7 Å². The van der Waals surface area contributed by atoms with E-state index >= 15 is 0 Å². The minimum Gasteiger partial charge on any atom is -0.352 e. The third-order valence-electron chi connectivity index (χ3n) is 1.73. The fraction of sp³-hybridized carbons (Fsp3) is 0.889. The second-order valence-electron chi connectivity index (χ2n) is 3.98. The zero-order chi connectivity index (χ0) is 10.1. The van der Waals surface area contributed by atoms with Gasteiger partial charge in [-0.3, -0.25) is 4.79 Å². The van der Waals surface area contributed by atoms with Crippen molar-refractivity contribution >= 4 is 5.91 Å². The lowest BCUT2D eigenvalue weighted by molar-refractivity contribution is -0.153. The van der Waals surface area contributed by atoms with Gasteiger partial charge >= 0.3 is 0 Å². The Morgan fingerprint density at radius 3 is 2.54 bits per heavy atom. The number of hydrogen-bond acceptors (Lipinski definition) is 3. The highest BCUT2D eigenvalue weighted by Gasteiger charge is 2.36. The van der Waals surface area contributed by atoms with E-state index in [9.17, 15) is 4.79 Å². The molecule has 13 heavy (non-hydrogen) atoms. The molecule has 1 amide bonds. The van der Waals surface area contributed by atoms with Gasteiger partial charge in [0, 0.05) is 6.04 Å². The third-order valence-corrected chi connectivity index (χ3v) is 1.73. The first-order chi connectivity index (χ1) is 5.91. The lowest BCUT2D eigenvalue weighted by Gasteiger charge is -2.17. The van der Waals surface area contributed by atoms with Crippen LogP contribution in [0, 0.1) is 0 Å². The first-order valence-electron chi connectivity index (χ1n) is 4.53. The van der Waals surface area contributed by atoms with Crippen molar-refractivity contribution in [2.24, 2.45) is 0 Å². The summed E-state index contributed by atoms with van der Waals surface area (Å²) in [6.45, 7) is 7.77. The number of amides is 1. The van der Waals surface area contributed by atoms with Crippen molar-refractivity contribution in [2.75, 3.05) is 6.61 Å². The lowest BCUT2D eigenvalue weighted by atomic mass is 10.3. The fourth-order valence-electron chi connectivity index (χ4n) is 1.19. The molecule has 0 spiro atoms. The molecule has 1 heterocycles. The second kappa shape index (κ2) is 3.64. The molecule has 1 fully saturated rings. The van der Waals surface area contributed by atoms with Crippen LogP contribution in [0.15, 0.2) is 0 Å². The minimum atomic E-state index is -0.626. The van der Waals surface area contributed by atoms with E-state index in [0.717, 1.165) is 0 Å². The van der Waals surface area contributed by atoms with Gasteiger partial charge in [0.1, 0.15) is 0 Å². The predicted octanol–water partition coefficient (Wildman–Crippen LogP) is 0.662. The van der Waals surface area contributed by atoms with Crippen LogP contribution in [0.3, 0.4) is 0 Å². The van der Waals surface area contributed by atoms with Crippen LogP contribution in [0.1, 0.15) is 27.7 Å². The highest BCUT2D eigenvalue weighted by molar-refractivity contribution is 5.81. The number of nitrogens with one attached hydrogen (secondary N) is 1. The number of carbonyl (C=O) groups excluding carboxylic acids is 1. The molecule has 4 nitrogen and oxygen atoms in total. The van der Waals surface area contributed by atoms with Crippen LogP contribution in [0.5, 0.6) is 0 Å². The van der Waals surface area contributed by atoms with Crippen molar-refractivity contribution in [2.45, 2.75) is 45.6 Å². The second-order valence-corrected chi connectivity index (χ2v) is 3.98. The first kappa shape index (κ1) is 10.5. The van der Waals surface area contributed by atoms with Crippen LogP contribution in [0.25, 0.3) is 0 Å². The average Bonchev–Trinajstić information content (AvgIpc) is 2.28. The van der Waals surface area contributed by atoms with Crippen LogP contribution in [0.4, 0.5) is 0 Å². The molecule has 1 atom stereocenters. The van der Waals surface area contributed by atoms with Crippen molar-refractivity contribution in [3.8, 4) is 0 Å². The smallest absolute Gasteiger partial charge is 0.251 e. The first-order valence-corrected chi connectivity index (χ1v) is 4.53. The van der Waals surface area contributed by atoms with Gasteiger partial charge in [0.15, 0.2) is 11.9 Å². The molecule has 0 aromatic carbocycles. The Labute approximate surface area is 78.6 Å². The molecule has 1 aliphatic heterocycles. The minimum absolute atomic E-state index is 0.0967. The van der Waals surface area contributed by atoms with Crippen molar-refractivity contribution in [1.82, 2.24) is 5.32 Å². The SMILES string of the molecule is CC(C)NC(=O)C1COC(C)(C)O1. The van der Waals surface area contributed by atoms with Gasteiger partial charge in [0.2, 0.25) is 0 Å². The predicted molar refractivity (Wildman–Crippen MR) is 48.2 cm³/mol. The summed E-state index contributed by atoms with van der Waals surface area (Å²) >= 11 is 0. The monoisotopic (exact) mass is 187 g/mol. The van der Waals surface area contributed by atoms with E-state index in [0.29, 0.717) is 6.61 Å². The molecule has 0 aliphatic carbocycles. The highest BCUT2D eigenvalue weighted by atomic mass is 16.7. The van der Waals surface area contributed by atoms with Crippen LogP contribution >= 0.6 is 0 Å². The molecule has 1 unspecified atom stereocenters. The topological polar surface area (TPSA) is 47.6 Å². The van der Waals surface area contributed by atoms with Crippen molar-refractivity contribution in [3.63, 3.8) is 0 Å². The van der Waals surface area contributed by atoms with Gasteiger partial charge in [-0.2, -0.15) is 0 Å². The Morgan fingerprint density at radius 2 is 2.15 bits per heavy atom. The van der Waals surface area contributed by atoms with Gasteiger partial charge in [-0.1, -0.05) is 0 Å². The van der Waals surface area contributed by atoms with Crippen LogP contribution in [-0.2, 0) is 14.3 Å². The summed E-state index contributed by atoms with van der Waals surface area (Å²) in [5, 5.41) is 2.78. The van der Waals surface area contributed by atoms with Gasteiger partial charge in [-0.15, -0.1) is 0 Å². The molecule has 0 radical (unpaired) electrons. The van der Waals surface area contributed by atoms with Crippen molar-refractivity contribution < 1.29 is 14.3 Å². The van der Waals surface area contributed by atoms with Crippen molar-refractivity contribution in [3.05, 3.63) is 0 Å². The molecule has 1 N–H and O–H groups in total. The van der Waals surface area contributed by atoms with Gasteiger partial charge in [-0.25, -0.2) is 0 Å². The number of carbonyl (C=O) groups is 1. The van der Waals surface area contributed by atoms with Gasteiger partial charge < -0.3 is 14.8 Å². The molecule has 4 heteroatoms. The Bertz CT molecular complexity index is 201. The number of hydrogen-bond donors (Lipinski definition) is 1. The van der Waals surface area contributed by atoms with E-state index in [-0.39, 0.29) is 11.9 Å². The molecule has 76 valence electrons. The maximum Gasteiger partial charge on any atom is 0.251 e. The van der Waals surface area contributed by atoms with E-state index in [1.54, 1.807) is 13.8 Å². The summed E-state index contributed by atoms with van der Waals surface area (Å²) in [4.78, 5) is 11.4. The Hall–Kier alpha value is -0.610. The summed E-state index contributed by atoms with van der Waals surface area (Å²) in [6, 6.07) is 0.139. The summed E-state index contributed by atoms with van der Waals surface area (Å²) < 4.78 is 10.6. The summed E-state index contributed by atoms with van der Waals surface area (Å²) in [5.74, 6) is -0.723. The van der Waals surface area contributed by atoms with Crippen LogP contribution < -0.4 is 5.32 Å². The standard InChI is InChI=1S/C9H17NO3/c1-6(2)10-8(11)7-5-12-9(3,4)13-7/h6-7H,5H2,1-4H3,(H,10,11). The molecule has 0 aromatic heterocycles. The lowest BCUT2D eigenvalue weighted by Crippen LogP contribution is -2.40. The summed E-state index contributed by atoms with van der Waals surface area (Å²) in [7, 11) is 0.